The first-order valence-corrected chi connectivity index (χ1v) is 8.80. The van der Waals surface area contributed by atoms with Crippen LogP contribution in [-0.4, -0.2) is 65.3 Å². The number of aromatic nitrogens is 2. The normalized spacial score (nSPS) is 23.0. The first kappa shape index (κ1) is 16.9. The molecule has 1 atom stereocenters. The maximum absolute atomic E-state index is 5.40. The van der Waals surface area contributed by atoms with Crippen molar-refractivity contribution in [2.75, 3.05) is 39.3 Å². The lowest BCUT2D eigenvalue weighted by Gasteiger charge is -2.37. The zero-order chi connectivity index (χ0) is 14.8. The molecule has 2 aliphatic heterocycles. The first-order chi connectivity index (χ1) is 10.9. The van der Waals surface area contributed by atoms with Gasteiger partial charge in [0.25, 0.3) is 0 Å². The van der Waals surface area contributed by atoms with Gasteiger partial charge < -0.3 is 9.84 Å². The zero-order valence-corrected chi connectivity index (χ0v) is 14.6. The van der Waals surface area contributed by atoms with E-state index in [0.717, 1.165) is 56.1 Å². The number of halogens is 1. The van der Waals surface area contributed by atoms with Crippen molar-refractivity contribution in [3.05, 3.63) is 23.4 Å². The van der Waals surface area contributed by atoms with E-state index in [9.17, 15) is 0 Å². The standard InChI is InChI=1S/C15H21N5OS.ClH/c1-2-13(22-9-1)15-17-14(21-18-15)11-19-5-7-20(8-6-19)12-3-4-16-10-12;/h1-2,9,12,16H,3-8,10-11H2;1H. The minimum absolute atomic E-state index is 0. The minimum atomic E-state index is 0. The molecule has 8 heteroatoms. The molecule has 126 valence electrons. The number of hydrogen-bond acceptors (Lipinski definition) is 7. The molecule has 0 saturated carbocycles. The van der Waals surface area contributed by atoms with Gasteiger partial charge in [-0.2, -0.15) is 4.98 Å². The van der Waals surface area contributed by atoms with Crippen LogP contribution in [0.4, 0.5) is 0 Å². The quantitative estimate of drug-likeness (QED) is 0.900. The van der Waals surface area contributed by atoms with E-state index in [2.05, 4.69) is 25.3 Å². The smallest absolute Gasteiger partial charge is 0.241 e. The van der Waals surface area contributed by atoms with Gasteiger partial charge in [-0.3, -0.25) is 9.80 Å². The van der Waals surface area contributed by atoms with Crippen molar-refractivity contribution in [3.8, 4) is 10.7 Å². The van der Waals surface area contributed by atoms with Crippen LogP contribution in [0.25, 0.3) is 10.7 Å². The van der Waals surface area contributed by atoms with Gasteiger partial charge in [-0.1, -0.05) is 11.2 Å². The van der Waals surface area contributed by atoms with Crippen LogP contribution in [0.15, 0.2) is 22.0 Å². The maximum Gasteiger partial charge on any atom is 0.241 e. The van der Waals surface area contributed by atoms with E-state index in [1.807, 2.05) is 17.5 Å². The van der Waals surface area contributed by atoms with Crippen molar-refractivity contribution in [1.29, 1.82) is 0 Å². The van der Waals surface area contributed by atoms with Crippen LogP contribution in [0.1, 0.15) is 12.3 Å². The topological polar surface area (TPSA) is 57.4 Å². The molecule has 0 aliphatic carbocycles. The monoisotopic (exact) mass is 355 g/mol. The van der Waals surface area contributed by atoms with Gasteiger partial charge in [0.05, 0.1) is 11.4 Å². The molecule has 1 N–H and O–H groups in total. The van der Waals surface area contributed by atoms with Crippen LogP contribution in [0.3, 0.4) is 0 Å². The Hall–Kier alpha value is -0.990. The number of thiophene rings is 1. The summed E-state index contributed by atoms with van der Waals surface area (Å²) in [7, 11) is 0. The Morgan fingerprint density at radius 3 is 2.87 bits per heavy atom. The molecule has 2 fully saturated rings. The second-order valence-electron chi connectivity index (χ2n) is 5.95. The number of piperazine rings is 1. The Morgan fingerprint density at radius 1 is 1.30 bits per heavy atom. The molecule has 4 rings (SSSR count). The Kier molecular flexibility index (Phi) is 5.66. The highest BCUT2D eigenvalue weighted by molar-refractivity contribution is 7.13. The molecule has 2 saturated heterocycles. The summed E-state index contributed by atoms with van der Waals surface area (Å²) in [4.78, 5) is 10.6. The summed E-state index contributed by atoms with van der Waals surface area (Å²) >= 11 is 1.64. The van der Waals surface area contributed by atoms with E-state index in [1.165, 1.54) is 13.0 Å². The van der Waals surface area contributed by atoms with Gasteiger partial charge in [0.2, 0.25) is 11.7 Å². The van der Waals surface area contributed by atoms with Gasteiger partial charge in [0.1, 0.15) is 0 Å². The van der Waals surface area contributed by atoms with Crippen LogP contribution in [0, 0.1) is 0 Å². The molecule has 23 heavy (non-hydrogen) atoms. The number of rotatable bonds is 4. The molecule has 0 radical (unpaired) electrons. The third-order valence-electron chi connectivity index (χ3n) is 4.53. The largest absolute Gasteiger partial charge is 0.338 e. The fourth-order valence-electron chi connectivity index (χ4n) is 3.25. The lowest BCUT2D eigenvalue weighted by Crippen LogP contribution is -2.50. The summed E-state index contributed by atoms with van der Waals surface area (Å²) in [6.07, 6.45) is 1.29. The van der Waals surface area contributed by atoms with E-state index >= 15 is 0 Å². The third kappa shape index (κ3) is 3.92. The molecule has 0 bridgehead atoms. The fourth-order valence-corrected chi connectivity index (χ4v) is 3.90. The van der Waals surface area contributed by atoms with E-state index in [0.29, 0.717) is 5.82 Å². The fraction of sp³-hybridized carbons (Fsp3) is 0.600. The van der Waals surface area contributed by atoms with Crippen molar-refractivity contribution in [1.82, 2.24) is 25.3 Å². The van der Waals surface area contributed by atoms with Crippen molar-refractivity contribution in [2.24, 2.45) is 0 Å². The molecule has 2 aliphatic rings. The zero-order valence-electron chi connectivity index (χ0n) is 13.0. The second-order valence-corrected chi connectivity index (χ2v) is 6.90. The molecular formula is C15H22ClN5OS. The molecule has 2 aromatic heterocycles. The predicted octanol–water partition coefficient (Wildman–Crippen LogP) is 1.70. The van der Waals surface area contributed by atoms with Gasteiger partial charge in [-0.15, -0.1) is 23.7 Å². The van der Waals surface area contributed by atoms with Crippen LogP contribution < -0.4 is 5.32 Å². The average molecular weight is 356 g/mol. The van der Waals surface area contributed by atoms with Gasteiger partial charge in [-0.25, -0.2) is 0 Å². The molecule has 4 heterocycles. The third-order valence-corrected chi connectivity index (χ3v) is 5.39. The van der Waals surface area contributed by atoms with E-state index in [-0.39, 0.29) is 12.4 Å². The van der Waals surface area contributed by atoms with Crippen molar-refractivity contribution >= 4 is 23.7 Å². The van der Waals surface area contributed by atoms with Crippen LogP contribution >= 0.6 is 23.7 Å². The summed E-state index contributed by atoms with van der Waals surface area (Å²) in [5.41, 5.74) is 0. The lowest BCUT2D eigenvalue weighted by molar-refractivity contribution is 0.0908. The summed E-state index contributed by atoms with van der Waals surface area (Å²) in [5.74, 6) is 1.43. The highest BCUT2D eigenvalue weighted by atomic mass is 35.5. The summed E-state index contributed by atoms with van der Waals surface area (Å²) in [6.45, 7) is 7.50. The van der Waals surface area contributed by atoms with Crippen molar-refractivity contribution in [3.63, 3.8) is 0 Å². The molecule has 0 amide bonds. The van der Waals surface area contributed by atoms with E-state index in [4.69, 9.17) is 4.52 Å². The SMILES string of the molecule is Cl.c1csc(-c2noc(CN3CCN(C4CCNC4)CC3)n2)c1. The highest BCUT2D eigenvalue weighted by Crippen LogP contribution is 2.22. The van der Waals surface area contributed by atoms with E-state index in [1.54, 1.807) is 11.3 Å². The molecule has 0 spiro atoms. The summed E-state index contributed by atoms with van der Waals surface area (Å²) in [6, 6.07) is 4.76. The van der Waals surface area contributed by atoms with Crippen LogP contribution in [-0.2, 0) is 6.54 Å². The van der Waals surface area contributed by atoms with Crippen LogP contribution in [0.2, 0.25) is 0 Å². The molecule has 0 aromatic carbocycles. The number of nitrogens with one attached hydrogen (secondary N) is 1. The Bertz CT molecular complexity index is 591. The Balaban J connectivity index is 0.00000156. The Morgan fingerprint density at radius 2 is 2.17 bits per heavy atom. The number of hydrogen-bond donors (Lipinski definition) is 1. The number of nitrogens with zero attached hydrogens (tertiary/aromatic N) is 4. The minimum Gasteiger partial charge on any atom is -0.338 e. The second kappa shape index (κ2) is 7.72. The van der Waals surface area contributed by atoms with E-state index < -0.39 is 0 Å². The van der Waals surface area contributed by atoms with Gasteiger partial charge in [-0.05, 0) is 24.4 Å². The lowest BCUT2D eigenvalue weighted by atomic mass is 10.2. The van der Waals surface area contributed by atoms with Gasteiger partial charge in [0, 0.05) is 38.8 Å². The Labute approximate surface area is 146 Å². The first-order valence-electron chi connectivity index (χ1n) is 7.92. The van der Waals surface area contributed by atoms with Crippen LogP contribution in [0.5, 0.6) is 0 Å². The van der Waals surface area contributed by atoms with Crippen molar-refractivity contribution < 1.29 is 4.52 Å². The molecule has 2 aromatic rings. The highest BCUT2D eigenvalue weighted by Gasteiger charge is 2.26. The van der Waals surface area contributed by atoms with Crippen molar-refractivity contribution in [2.45, 2.75) is 19.0 Å². The summed E-state index contributed by atoms with van der Waals surface area (Å²) in [5, 5.41) is 9.56. The maximum atomic E-state index is 5.40. The summed E-state index contributed by atoms with van der Waals surface area (Å²) < 4.78 is 5.40. The molecular weight excluding hydrogens is 334 g/mol. The molecule has 1 unspecified atom stereocenters. The van der Waals surface area contributed by atoms with Gasteiger partial charge >= 0.3 is 0 Å². The average Bonchev–Trinajstić information content (AvgIpc) is 3.30. The van der Waals surface area contributed by atoms with Gasteiger partial charge in [0.15, 0.2) is 0 Å². The molecule has 6 nitrogen and oxygen atoms in total. The predicted molar refractivity (Wildman–Crippen MR) is 93.0 cm³/mol.